The molecule has 44 heavy (non-hydrogen) atoms. The summed E-state index contributed by atoms with van der Waals surface area (Å²) in [7, 11) is 3.79. The predicted molar refractivity (Wildman–Crippen MR) is 160 cm³/mol. The van der Waals surface area contributed by atoms with E-state index in [0.717, 1.165) is 17.3 Å². The Hall–Kier alpha value is -4.29. The van der Waals surface area contributed by atoms with Crippen molar-refractivity contribution in [2.24, 2.45) is 0 Å². The highest BCUT2D eigenvalue weighted by atomic mass is 35.5. The average Bonchev–Trinajstić information content (AvgIpc) is 2.94. The molecule has 0 unspecified atom stereocenters. The Balaban J connectivity index is 1.68. The Labute approximate surface area is 255 Å². The standard InChI is InChI=1S/C31H29ClF4N4O4/c1-37(2)17-19-3-7-23(8-4-19)40-18-20(15-26(41)42)29(43)24-16-25(34)28(30(27(24)40)44-31(32,35)36)39-13-11-38(12-14-39)22-9-5-21(33)6-10-22/h3-10,16,18H,11-15,17H2,1-2H3,(H,41,42). The average molecular weight is 633 g/mol. The van der Waals surface area contributed by atoms with Gasteiger partial charge in [-0.1, -0.05) is 12.1 Å². The fraction of sp³-hybridized carbons (Fsp3) is 0.290. The van der Waals surface area contributed by atoms with E-state index in [-0.39, 0.29) is 41.1 Å². The molecule has 4 aromatic rings. The molecule has 0 atom stereocenters. The first-order chi connectivity index (χ1) is 20.8. The van der Waals surface area contributed by atoms with Gasteiger partial charge in [0, 0.05) is 67.5 Å². The van der Waals surface area contributed by atoms with Gasteiger partial charge in [0.15, 0.2) is 17.0 Å². The Morgan fingerprint density at radius 1 is 0.977 bits per heavy atom. The van der Waals surface area contributed by atoms with Crippen LogP contribution >= 0.6 is 11.6 Å². The van der Waals surface area contributed by atoms with E-state index in [0.29, 0.717) is 25.3 Å². The summed E-state index contributed by atoms with van der Waals surface area (Å²) in [6.07, 6.45) is 0.567. The number of alkyl halides is 3. The third-order valence-corrected chi connectivity index (χ3v) is 7.38. The summed E-state index contributed by atoms with van der Waals surface area (Å²) in [6.45, 7) is 1.64. The second kappa shape index (κ2) is 12.4. The van der Waals surface area contributed by atoms with Gasteiger partial charge in [-0.3, -0.25) is 9.59 Å². The molecule has 232 valence electrons. The van der Waals surface area contributed by atoms with E-state index in [1.807, 2.05) is 23.9 Å². The van der Waals surface area contributed by atoms with Crippen LogP contribution in [0.1, 0.15) is 11.1 Å². The van der Waals surface area contributed by atoms with Crippen LogP contribution in [-0.2, 0) is 17.8 Å². The number of aromatic nitrogens is 1. The molecule has 1 N–H and O–H groups in total. The van der Waals surface area contributed by atoms with Crippen molar-refractivity contribution >= 4 is 39.8 Å². The zero-order valence-corrected chi connectivity index (χ0v) is 24.6. The van der Waals surface area contributed by atoms with Crippen molar-refractivity contribution < 1.29 is 32.2 Å². The molecule has 0 aliphatic carbocycles. The van der Waals surface area contributed by atoms with Gasteiger partial charge in [-0.2, -0.15) is 0 Å². The van der Waals surface area contributed by atoms with E-state index in [2.05, 4.69) is 0 Å². The molecule has 1 aliphatic heterocycles. The van der Waals surface area contributed by atoms with Crippen molar-refractivity contribution in [2.45, 2.75) is 18.5 Å². The van der Waals surface area contributed by atoms with Crippen LogP contribution in [0.5, 0.6) is 5.75 Å². The Morgan fingerprint density at radius 2 is 1.57 bits per heavy atom. The maximum Gasteiger partial charge on any atom is 0.487 e. The molecule has 1 aromatic heterocycles. The molecule has 13 heteroatoms. The van der Waals surface area contributed by atoms with Crippen molar-refractivity contribution in [3.05, 3.63) is 93.8 Å². The summed E-state index contributed by atoms with van der Waals surface area (Å²) < 4.78 is 64.4. The summed E-state index contributed by atoms with van der Waals surface area (Å²) >= 11 is 5.25. The largest absolute Gasteiger partial charge is 0.487 e. The third-order valence-electron chi connectivity index (χ3n) is 7.31. The molecule has 0 radical (unpaired) electrons. The normalized spacial score (nSPS) is 14.0. The fourth-order valence-electron chi connectivity index (χ4n) is 5.44. The Bertz CT molecular complexity index is 1730. The highest BCUT2D eigenvalue weighted by Crippen LogP contribution is 2.43. The van der Waals surface area contributed by atoms with Crippen molar-refractivity contribution in [3.63, 3.8) is 0 Å². The molecule has 1 fully saturated rings. The second-order valence-corrected chi connectivity index (χ2v) is 11.2. The van der Waals surface area contributed by atoms with Crippen LogP contribution in [0.25, 0.3) is 16.6 Å². The number of carboxylic acid groups (broad SMARTS) is 1. The number of hydrogen-bond donors (Lipinski definition) is 1. The highest BCUT2D eigenvalue weighted by Gasteiger charge is 2.35. The van der Waals surface area contributed by atoms with Gasteiger partial charge in [0.1, 0.15) is 17.0 Å². The topological polar surface area (TPSA) is 78.2 Å². The van der Waals surface area contributed by atoms with E-state index in [4.69, 9.17) is 16.3 Å². The van der Waals surface area contributed by atoms with Crippen molar-refractivity contribution in [3.8, 4) is 11.4 Å². The van der Waals surface area contributed by atoms with Crippen LogP contribution < -0.4 is 20.0 Å². The van der Waals surface area contributed by atoms with Crippen molar-refractivity contribution in [1.82, 2.24) is 9.47 Å². The van der Waals surface area contributed by atoms with Gasteiger partial charge in [0.25, 0.3) is 0 Å². The summed E-state index contributed by atoms with van der Waals surface area (Å²) in [5.41, 5.74) is -3.73. The number of nitrogens with zero attached hydrogens (tertiary/aromatic N) is 4. The zero-order valence-electron chi connectivity index (χ0n) is 23.9. The van der Waals surface area contributed by atoms with Crippen LogP contribution in [0.15, 0.2) is 65.6 Å². The van der Waals surface area contributed by atoms with Crippen LogP contribution in [-0.4, -0.2) is 66.4 Å². The fourth-order valence-corrected chi connectivity index (χ4v) is 5.51. The maximum absolute atomic E-state index is 16.0. The smallest absolute Gasteiger partial charge is 0.481 e. The molecule has 5 rings (SSSR count). The lowest BCUT2D eigenvalue weighted by Crippen LogP contribution is -2.47. The number of rotatable bonds is 9. The second-order valence-electron chi connectivity index (χ2n) is 10.8. The monoisotopic (exact) mass is 632 g/mol. The van der Waals surface area contributed by atoms with E-state index in [9.17, 15) is 27.9 Å². The van der Waals surface area contributed by atoms with E-state index < -0.39 is 35.0 Å². The van der Waals surface area contributed by atoms with Crippen LogP contribution in [0, 0.1) is 11.6 Å². The number of ether oxygens (including phenoxy) is 1. The van der Waals surface area contributed by atoms with Crippen LogP contribution in [0.4, 0.5) is 28.9 Å². The van der Waals surface area contributed by atoms with E-state index in [1.54, 1.807) is 36.4 Å². The number of benzene rings is 3. The molecule has 1 aliphatic rings. The summed E-state index contributed by atoms with van der Waals surface area (Å²) in [4.78, 5) is 30.4. The number of hydrogen-bond acceptors (Lipinski definition) is 6. The molecule has 0 spiro atoms. The van der Waals surface area contributed by atoms with Crippen molar-refractivity contribution in [2.75, 3.05) is 50.1 Å². The molecule has 2 heterocycles. The first-order valence-electron chi connectivity index (χ1n) is 13.7. The number of fused-ring (bicyclic) bond motifs is 1. The van der Waals surface area contributed by atoms with E-state index in [1.165, 1.54) is 27.8 Å². The molecule has 0 saturated carbocycles. The van der Waals surface area contributed by atoms with Gasteiger partial charge in [0.05, 0.1) is 11.8 Å². The minimum atomic E-state index is -4.28. The SMILES string of the molecule is CN(C)Cc1ccc(-n2cc(CC(=O)O)c(=O)c3cc(F)c(N4CCN(c5ccc(F)cc5)CC4)c(OC(F)(F)Cl)c32)cc1. The number of halogens is 5. The lowest BCUT2D eigenvalue weighted by molar-refractivity contribution is -0.136. The van der Waals surface area contributed by atoms with Gasteiger partial charge in [-0.05, 0) is 62.1 Å². The first kappa shape index (κ1) is 31.1. The number of pyridine rings is 1. The predicted octanol–water partition coefficient (Wildman–Crippen LogP) is 5.45. The molecular weight excluding hydrogens is 604 g/mol. The quantitative estimate of drug-likeness (QED) is 0.194. The molecule has 0 amide bonds. The lowest BCUT2D eigenvalue weighted by atomic mass is 10.0. The van der Waals surface area contributed by atoms with Crippen LogP contribution in [0.2, 0.25) is 0 Å². The van der Waals surface area contributed by atoms with Gasteiger partial charge in [-0.25, -0.2) is 8.78 Å². The first-order valence-corrected chi connectivity index (χ1v) is 14.1. The number of carbonyl (C=O) groups is 1. The molecule has 3 aromatic carbocycles. The van der Waals surface area contributed by atoms with E-state index >= 15 is 4.39 Å². The lowest BCUT2D eigenvalue weighted by Gasteiger charge is -2.38. The molecule has 0 bridgehead atoms. The third kappa shape index (κ3) is 6.76. The summed E-state index contributed by atoms with van der Waals surface area (Å²) in [6, 6.07) is 13.7. The summed E-state index contributed by atoms with van der Waals surface area (Å²) in [5, 5.41) is 9.10. The minimum absolute atomic E-state index is 0.171. The highest BCUT2D eigenvalue weighted by molar-refractivity contribution is 6.21. The number of carboxylic acids is 1. The zero-order chi connectivity index (χ0) is 31.8. The number of aliphatic carboxylic acids is 1. The van der Waals surface area contributed by atoms with Gasteiger partial charge in [-0.15, -0.1) is 8.78 Å². The number of anilines is 2. The molecular formula is C31H29ClF4N4O4. The van der Waals surface area contributed by atoms with Gasteiger partial charge >= 0.3 is 11.5 Å². The van der Waals surface area contributed by atoms with Gasteiger partial charge in [0.2, 0.25) is 0 Å². The molecule has 1 saturated heterocycles. The molecule has 8 nitrogen and oxygen atoms in total. The minimum Gasteiger partial charge on any atom is -0.481 e. The Kier molecular flexibility index (Phi) is 8.76. The number of piperazine rings is 1. The van der Waals surface area contributed by atoms with Gasteiger partial charge < -0.3 is 29.1 Å². The van der Waals surface area contributed by atoms with Crippen LogP contribution in [0.3, 0.4) is 0 Å². The maximum atomic E-state index is 16.0. The van der Waals surface area contributed by atoms with Crippen molar-refractivity contribution in [1.29, 1.82) is 0 Å². The summed E-state index contributed by atoms with van der Waals surface area (Å²) in [5.74, 6) is -3.36. The Morgan fingerprint density at radius 3 is 2.14 bits per heavy atom.